The second-order valence-corrected chi connectivity index (χ2v) is 3.52. The zero-order valence-corrected chi connectivity index (χ0v) is 6.41. The summed E-state index contributed by atoms with van der Waals surface area (Å²) in [5.41, 5.74) is 7.00. The van der Waals surface area contributed by atoms with E-state index in [0.717, 1.165) is 10.1 Å². The molecule has 0 aliphatic carbocycles. The number of hydrogen-bond donors (Lipinski definition) is 1. The number of rotatable bonds is 3. The molecule has 0 bridgehead atoms. The minimum atomic E-state index is 0.699. The van der Waals surface area contributed by atoms with Crippen LogP contribution in [0, 0.1) is 0 Å². The van der Waals surface area contributed by atoms with Gasteiger partial charge in [0.1, 0.15) is 5.51 Å². The Morgan fingerprint density at radius 1 is 1.78 bits per heavy atom. The molecule has 2 N–H and O–H groups in total. The predicted molar refractivity (Wildman–Crippen MR) is 39.7 cm³/mol. The van der Waals surface area contributed by atoms with Gasteiger partial charge >= 0.3 is 0 Å². The Balaban J connectivity index is 2.30. The van der Waals surface area contributed by atoms with Crippen LogP contribution in [0.25, 0.3) is 0 Å². The summed E-state index contributed by atoms with van der Waals surface area (Å²) >= 11 is 3.20. The van der Waals surface area contributed by atoms with Gasteiger partial charge in [-0.15, -0.1) is 10.2 Å². The van der Waals surface area contributed by atoms with Gasteiger partial charge in [-0.05, 0) is 0 Å². The molecule has 5 heteroatoms. The molecular formula is C4H7N3S2. The Morgan fingerprint density at radius 3 is 3.22 bits per heavy atom. The molecule has 0 radical (unpaired) electrons. The average Bonchev–Trinajstić information content (AvgIpc) is 2.34. The van der Waals surface area contributed by atoms with E-state index in [2.05, 4.69) is 10.2 Å². The second-order valence-electron chi connectivity index (χ2n) is 1.34. The minimum absolute atomic E-state index is 0.699. The van der Waals surface area contributed by atoms with Crippen LogP contribution in [0.3, 0.4) is 0 Å². The van der Waals surface area contributed by atoms with E-state index in [0.29, 0.717) is 6.54 Å². The van der Waals surface area contributed by atoms with E-state index in [1.807, 2.05) is 0 Å². The van der Waals surface area contributed by atoms with Crippen molar-refractivity contribution in [3.63, 3.8) is 0 Å². The zero-order chi connectivity index (χ0) is 6.53. The van der Waals surface area contributed by atoms with Crippen molar-refractivity contribution in [2.45, 2.75) is 4.34 Å². The molecule has 50 valence electrons. The standard InChI is InChI=1S/C4H7N3S2/c5-1-2-8-4-7-6-3-9-4/h3H,1-2,5H2. The first-order valence-electron chi connectivity index (χ1n) is 2.52. The van der Waals surface area contributed by atoms with E-state index in [1.165, 1.54) is 0 Å². The fourth-order valence-electron chi connectivity index (χ4n) is 0.372. The van der Waals surface area contributed by atoms with E-state index in [1.54, 1.807) is 28.6 Å². The lowest BCUT2D eigenvalue weighted by Gasteiger charge is -1.88. The van der Waals surface area contributed by atoms with Crippen molar-refractivity contribution >= 4 is 23.1 Å². The maximum atomic E-state index is 5.28. The maximum absolute atomic E-state index is 5.28. The highest BCUT2D eigenvalue weighted by Gasteiger charge is 1.93. The van der Waals surface area contributed by atoms with Crippen molar-refractivity contribution in [3.8, 4) is 0 Å². The highest BCUT2D eigenvalue weighted by molar-refractivity contribution is 8.01. The van der Waals surface area contributed by atoms with E-state index in [4.69, 9.17) is 5.73 Å². The first kappa shape index (κ1) is 6.98. The van der Waals surface area contributed by atoms with Crippen LogP contribution >= 0.6 is 23.1 Å². The van der Waals surface area contributed by atoms with E-state index in [9.17, 15) is 0 Å². The maximum Gasteiger partial charge on any atom is 0.174 e. The normalized spacial score (nSPS) is 9.89. The second kappa shape index (κ2) is 3.81. The molecule has 0 aliphatic rings. The Labute approximate surface area is 61.7 Å². The molecule has 1 aromatic rings. The largest absolute Gasteiger partial charge is 0.330 e. The van der Waals surface area contributed by atoms with Gasteiger partial charge in [0.25, 0.3) is 0 Å². The lowest BCUT2D eigenvalue weighted by molar-refractivity contribution is 1.01. The van der Waals surface area contributed by atoms with Gasteiger partial charge in [-0.25, -0.2) is 0 Å². The van der Waals surface area contributed by atoms with Crippen molar-refractivity contribution in [3.05, 3.63) is 5.51 Å². The Morgan fingerprint density at radius 2 is 2.67 bits per heavy atom. The number of thioether (sulfide) groups is 1. The third-order valence-corrected chi connectivity index (χ3v) is 2.58. The highest BCUT2D eigenvalue weighted by atomic mass is 32.2. The lowest BCUT2D eigenvalue weighted by atomic mass is 10.8. The first-order valence-corrected chi connectivity index (χ1v) is 4.39. The first-order chi connectivity index (χ1) is 4.43. The average molecular weight is 161 g/mol. The van der Waals surface area contributed by atoms with Crippen LogP contribution in [0.5, 0.6) is 0 Å². The van der Waals surface area contributed by atoms with Gasteiger partial charge in [0.15, 0.2) is 4.34 Å². The molecule has 0 aromatic carbocycles. The van der Waals surface area contributed by atoms with E-state index in [-0.39, 0.29) is 0 Å². The van der Waals surface area contributed by atoms with Gasteiger partial charge in [0.05, 0.1) is 0 Å². The summed E-state index contributed by atoms with van der Waals surface area (Å²) in [5, 5.41) is 7.51. The van der Waals surface area contributed by atoms with Crippen LogP contribution in [0.2, 0.25) is 0 Å². The summed E-state index contributed by atoms with van der Waals surface area (Å²) in [6.45, 7) is 0.699. The molecule has 0 spiro atoms. The zero-order valence-electron chi connectivity index (χ0n) is 4.78. The van der Waals surface area contributed by atoms with Crippen molar-refractivity contribution in [1.29, 1.82) is 0 Å². The van der Waals surface area contributed by atoms with E-state index >= 15 is 0 Å². The van der Waals surface area contributed by atoms with Gasteiger partial charge in [-0.1, -0.05) is 23.1 Å². The Kier molecular flexibility index (Phi) is 2.96. The molecule has 0 fully saturated rings. The molecule has 0 saturated heterocycles. The molecule has 9 heavy (non-hydrogen) atoms. The van der Waals surface area contributed by atoms with Crippen molar-refractivity contribution in [1.82, 2.24) is 10.2 Å². The smallest absolute Gasteiger partial charge is 0.174 e. The van der Waals surface area contributed by atoms with Crippen LogP contribution in [0.4, 0.5) is 0 Å². The molecule has 0 aliphatic heterocycles. The van der Waals surface area contributed by atoms with Crippen LogP contribution in [-0.4, -0.2) is 22.5 Å². The summed E-state index contributed by atoms with van der Waals surface area (Å²) in [6, 6.07) is 0. The minimum Gasteiger partial charge on any atom is -0.330 e. The van der Waals surface area contributed by atoms with Gasteiger partial charge in [-0.3, -0.25) is 0 Å². The summed E-state index contributed by atoms with van der Waals surface area (Å²) in [5.74, 6) is 0.926. The van der Waals surface area contributed by atoms with Crippen LogP contribution in [-0.2, 0) is 0 Å². The predicted octanol–water partition coefficient (Wildman–Crippen LogP) is 0.589. The monoisotopic (exact) mass is 161 g/mol. The molecule has 0 atom stereocenters. The lowest BCUT2D eigenvalue weighted by Crippen LogP contribution is -2.00. The van der Waals surface area contributed by atoms with Crippen molar-refractivity contribution < 1.29 is 0 Å². The van der Waals surface area contributed by atoms with Crippen LogP contribution < -0.4 is 5.73 Å². The van der Waals surface area contributed by atoms with Crippen LogP contribution in [0.15, 0.2) is 9.85 Å². The van der Waals surface area contributed by atoms with Gasteiger partial charge in [-0.2, -0.15) is 0 Å². The fourth-order valence-corrected chi connectivity index (χ4v) is 1.70. The van der Waals surface area contributed by atoms with Crippen molar-refractivity contribution in [2.75, 3.05) is 12.3 Å². The number of hydrogen-bond acceptors (Lipinski definition) is 5. The van der Waals surface area contributed by atoms with Crippen molar-refractivity contribution in [2.24, 2.45) is 5.73 Å². The summed E-state index contributed by atoms with van der Waals surface area (Å²) < 4.78 is 1.00. The third-order valence-electron chi connectivity index (χ3n) is 0.683. The SMILES string of the molecule is NCCSc1nncs1. The number of aromatic nitrogens is 2. The molecule has 1 aromatic heterocycles. The molecule has 1 heterocycles. The van der Waals surface area contributed by atoms with Gasteiger partial charge in [0.2, 0.25) is 0 Å². The Bertz CT molecular complexity index is 151. The molecular weight excluding hydrogens is 154 g/mol. The Hall–Kier alpha value is -0.130. The summed E-state index contributed by atoms with van der Waals surface area (Å²) in [7, 11) is 0. The molecule has 0 amide bonds. The quantitative estimate of drug-likeness (QED) is 0.659. The fraction of sp³-hybridized carbons (Fsp3) is 0.500. The third kappa shape index (κ3) is 2.30. The molecule has 0 saturated carbocycles. The number of nitrogens with two attached hydrogens (primary N) is 1. The van der Waals surface area contributed by atoms with E-state index < -0.39 is 0 Å². The van der Waals surface area contributed by atoms with Gasteiger partial charge in [0, 0.05) is 12.3 Å². The summed E-state index contributed by atoms with van der Waals surface area (Å²) in [4.78, 5) is 0. The molecule has 0 unspecified atom stereocenters. The molecule has 1 rings (SSSR count). The topological polar surface area (TPSA) is 51.8 Å². The molecule has 3 nitrogen and oxygen atoms in total. The highest BCUT2D eigenvalue weighted by Crippen LogP contribution is 2.17. The summed E-state index contributed by atoms with van der Waals surface area (Å²) in [6.07, 6.45) is 0. The van der Waals surface area contributed by atoms with Crippen LogP contribution in [0.1, 0.15) is 0 Å². The van der Waals surface area contributed by atoms with Gasteiger partial charge < -0.3 is 5.73 Å². The number of nitrogens with zero attached hydrogens (tertiary/aromatic N) is 2.